The Kier molecular flexibility index (Phi) is 5.77. The van der Waals surface area contributed by atoms with Gasteiger partial charge in [0.1, 0.15) is 10.8 Å². The number of hydrogen-bond acceptors (Lipinski definition) is 5. The van der Waals surface area contributed by atoms with E-state index in [-0.39, 0.29) is 10.6 Å². The number of ether oxygens (including phenoxy) is 1. The molecule has 4 rings (SSSR count). The number of Topliss-reactive ketones (excluding diaryl/α,β-unsaturated/α-hetero) is 1. The van der Waals surface area contributed by atoms with E-state index in [4.69, 9.17) is 10.5 Å². The van der Waals surface area contributed by atoms with Gasteiger partial charge in [-0.15, -0.1) is 11.3 Å². The summed E-state index contributed by atoms with van der Waals surface area (Å²) in [7, 11) is 0. The largest absolute Gasteiger partial charge is 0.485 e. The smallest absolute Gasteiger partial charge is 0.296 e. The molecule has 6 nitrogen and oxygen atoms in total. The number of nitrogens with one attached hydrogen (secondary N) is 1. The number of carbonyl (C=O) groups excluding carboxylic acids is 3. The Bertz CT molecular complexity index is 1280. The maximum Gasteiger partial charge on any atom is 0.296 e. The first-order chi connectivity index (χ1) is 15.0. The molecule has 0 saturated carbocycles. The lowest BCUT2D eigenvalue weighted by molar-refractivity contribution is -0.136. The highest BCUT2D eigenvalue weighted by Gasteiger charge is 2.21. The zero-order valence-corrected chi connectivity index (χ0v) is 17.1. The Morgan fingerprint density at radius 3 is 2.32 bits per heavy atom. The number of hydrogen-bond donors (Lipinski definition) is 2. The monoisotopic (exact) mass is 430 g/mol. The van der Waals surface area contributed by atoms with Crippen LogP contribution in [0.3, 0.4) is 0 Å². The fourth-order valence-corrected chi connectivity index (χ4v) is 4.12. The fraction of sp³-hybridized carbons (Fsp3) is 0.0417. The van der Waals surface area contributed by atoms with Gasteiger partial charge < -0.3 is 15.8 Å². The zero-order valence-electron chi connectivity index (χ0n) is 16.3. The first-order valence-electron chi connectivity index (χ1n) is 9.46. The van der Waals surface area contributed by atoms with Gasteiger partial charge in [0.2, 0.25) is 0 Å². The van der Waals surface area contributed by atoms with Gasteiger partial charge in [0.25, 0.3) is 17.6 Å². The summed E-state index contributed by atoms with van der Waals surface area (Å²) < 4.78 is 5.49. The second-order valence-electron chi connectivity index (χ2n) is 6.76. The topological polar surface area (TPSA) is 98.5 Å². The van der Waals surface area contributed by atoms with Gasteiger partial charge in [-0.3, -0.25) is 14.4 Å². The molecule has 2 amide bonds. The van der Waals surface area contributed by atoms with Crippen LogP contribution in [0.15, 0.2) is 78.9 Å². The number of thiophene rings is 1. The maximum absolute atomic E-state index is 12.4. The van der Waals surface area contributed by atoms with Gasteiger partial charge in [0.05, 0.1) is 5.56 Å². The van der Waals surface area contributed by atoms with E-state index in [2.05, 4.69) is 5.32 Å². The van der Waals surface area contributed by atoms with Crippen molar-refractivity contribution in [1.29, 1.82) is 0 Å². The van der Waals surface area contributed by atoms with E-state index >= 15 is 0 Å². The van der Waals surface area contributed by atoms with Crippen molar-refractivity contribution in [1.82, 2.24) is 0 Å². The van der Waals surface area contributed by atoms with E-state index in [1.807, 2.05) is 60.7 Å². The number of benzene rings is 3. The third-order valence-electron chi connectivity index (χ3n) is 4.63. The molecule has 0 aliphatic carbocycles. The summed E-state index contributed by atoms with van der Waals surface area (Å²) in [4.78, 5) is 37.2. The van der Waals surface area contributed by atoms with Gasteiger partial charge in [0.15, 0.2) is 6.61 Å². The number of primary amides is 1. The predicted octanol–water partition coefficient (Wildman–Crippen LogP) is 4.25. The standard InChI is InChI=1S/C24H18N2O4S/c25-22(28)19-13-21(16-7-2-1-3-8-16)31-24(19)26-23(29)20(27)14-30-18-11-10-15-6-4-5-9-17(15)12-18/h1-13H,14H2,(H2,25,28)(H,26,29). The molecule has 3 aromatic carbocycles. The van der Waals surface area contributed by atoms with E-state index in [9.17, 15) is 14.4 Å². The van der Waals surface area contributed by atoms with Crippen molar-refractivity contribution in [2.45, 2.75) is 0 Å². The molecule has 3 N–H and O–H groups in total. The average molecular weight is 430 g/mol. The molecule has 0 fully saturated rings. The minimum absolute atomic E-state index is 0.153. The van der Waals surface area contributed by atoms with Gasteiger partial charge in [0, 0.05) is 4.88 Å². The number of rotatable bonds is 7. The van der Waals surface area contributed by atoms with Crippen LogP contribution in [0, 0.1) is 0 Å². The molecule has 7 heteroatoms. The number of fused-ring (bicyclic) bond motifs is 1. The minimum Gasteiger partial charge on any atom is -0.485 e. The highest BCUT2D eigenvalue weighted by Crippen LogP contribution is 2.35. The lowest BCUT2D eigenvalue weighted by Crippen LogP contribution is -2.28. The van der Waals surface area contributed by atoms with Crippen molar-refractivity contribution in [3.8, 4) is 16.2 Å². The summed E-state index contributed by atoms with van der Waals surface area (Å²) in [6.45, 7) is -0.424. The van der Waals surface area contributed by atoms with E-state index in [0.717, 1.165) is 21.2 Å². The molecule has 4 aromatic rings. The van der Waals surface area contributed by atoms with Gasteiger partial charge in [-0.25, -0.2) is 0 Å². The summed E-state index contributed by atoms with van der Waals surface area (Å²) >= 11 is 1.18. The molecule has 0 saturated heterocycles. The van der Waals surface area contributed by atoms with Gasteiger partial charge in [-0.2, -0.15) is 0 Å². The molecule has 0 aliphatic rings. The minimum atomic E-state index is -0.871. The van der Waals surface area contributed by atoms with E-state index in [0.29, 0.717) is 5.75 Å². The van der Waals surface area contributed by atoms with Crippen molar-refractivity contribution < 1.29 is 19.1 Å². The fourth-order valence-electron chi connectivity index (χ4n) is 3.06. The third-order valence-corrected chi connectivity index (χ3v) is 5.73. The third kappa shape index (κ3) is 4.62. The molecule has 1 heterocycles. The van der Waals surface area contributed by atoms with Crippen molar-refractivity contribution >= 4 is 44.7 Å². The van der Waals surface area contributed by atoms with Crippen molar-refractivity contribution in [2.75, 3.05) is 11.9 Å². The SMILES string of the molecule is NC(=O)c1cc(-c2ccccc2)sc1NC(=O)C(=O)COc1ccc2ccccc2c1. The molecule has 31 heavy (non-hydrogen) atoms. The zero-order chi connectivity index (χ0) is 21.8. The van der Waals surface area contributed by atoms with E-state index in [1.54, 1.807) is 18.2 Å². The highest BCUT2D eigenvalue weighted by atomic mass is 32.1. The Labute approximate surface area is 182 Å². The second-order valence-corrected chi connectivity index (χ2v) is 7.81. The molecule has 0 unspecified atom stereocenters. The van der Waals surface area contributed by atoms with Crippen LogP contribution in [0.25, 0.3) is 21.2 Å². The van der Waals surface area contributed by atoms with Crippen LogP contribution < -0.4 is 15.8 Å². The predicted molar refractivity (Wildman–Crippen MR) is 121 cm³/mol. The molecule has 1 aromatic heterocycles. The molecule has 0 aliphatic heterocycles. The lowest BCUT2D eigenvalue weighted by atomic mass is 10.1. The van der Waals surface area contributed by atoms with Gasteiger partial charge in [-0.1, -0.05) is 60.7 Å². The maximum atomic E-state index is 12.4. The molecule has 154 valence electrons. The molecule has 0 atom stereocenters. The van der Waals surface area contributed by atoms with Crippen LogP contribution in [0.2, 0.25) is 0 Å². The first-order valence-corrected chi connectivity index (χ1v) is 10.3. The molecule has 0 bridgehead atoms. The Morgan fingerprint density at radius 1 is 0.871 bits per heavy atom. The Morgan fingerprint density at radius 2 is 1.58 bits per heavy atom. The molecule has 0 spiro atoms. The van der Waals surface area contributed by atoms with E-state index in [1.165, 1.54) is 11.3 Å². The first kappa shape index (κ1) is 20.3. The van der Waals surface area contributed by atoms with Crippen LogP contribution >= 0.6 is 11.3 Å². The highest BCUT2D eigenvalue weighted by molar-refractivity contribution is 7.20. The van der Waals surface area contributed by atoms with Crippen LogP contribution in [-0.4, -0.2) is 24.2 Å². The molecule has 0 radical (unpaired) electrons. The molecular formula is C24H18N2O4S. The summed E-state index contributed by atoms with van der Waals surface area (Å²) in [5.41, 5.74) is 6.47. The van der Waals surface area contributed by atoms with Crippen molar-refractivity contribution in [3.63, 3.8) is 0 Å². The Hall–Kier alpha value is -3.97. The van der Waals surface area contributed by atoms with Crippen molar-refractivity contribution in [3.05, 3.63) is 84.4 Å². The normalized spacial score (nSPS) is 10.6. The second kappa shape index (κ2) is 8.81. The number of anilines is 1. The quantitative estimate of drug-likeness (QED) is 0.428. The summed E-state index contributed by atoms with van der Waals surface area (Å²) in [5, 5.41) is 4.74. The van der Waals surface area contributed by atoms with E-state index < -0.39 is 24.2 Å². The van der Waals surface area contributed by atoms with Crippen LogP contribution in [0.5, 0.6) is 5.75 Å². The lowest BCUT2D eigenvalue weighted by Gasteiger charge is -2.07. The van der Waals surface area contributed by atoms with Crippen molar-refractivity contribution in [2.24, 2.45) is 5.73 Å². The average Bonchev–Trinajstić information content (AvgIpc) is 3.22. The number of amides is 2. The van der Waals surface area contributed by atoms with Crippen LogP contribution in [0.4, 0.5) is 5.00 Å². The van der Waals surface area contributed by atoms with Gasteiger partial charge >= 0.3 is 0 Å². The van der Waals surface area contributed by atoms with Gasteiger partial charge in [-0.05, 0) is 34.5 Å². The van der Waals surface area contributed by atoms with Crippen LogP contribution in [-0.2, 0) is 9.59 Å². The number of nitrogens with two attached hydrogens (primary N) is 1. The Balaban J connectivity index is 1.45. The summed E-state index contributed by atoms with van der Waals surface area (Å²) in [6.07, 6.45) is 0. The number of ketones is 1. The summed E-state index contributed by atoms with van der Waals surface area (Å²) in [5.74, 6) is -1.84. The van der Waals surface area contributed by atoms with Crippen LogP contribution in [0.1, 0.15) is 10.4 Å². The number of carbonyl (C=O) groups is 3. The molecular weight excluding hydrogens is 412 g/mol. The summed E-state index contributed by atoms with van der Waals surface area (Å²) in [6, 6.07) is 24.1.